The normalized spacial score (nSPS) is 18.9. The highest BCUT2D eigenvalue weighted by Gasteiger charge is 2.13. The van der Waals surface area contributed by atoms with Crippen LogP contribution < -0.4 is 0 Å². The van der Waals surface area contributed by atoms with Gasteiger partial charge in [-0.25, -0.2) is 0 Å². The molecule has 0 amide bonds. The highest BCUT2D eigenvalue weighted by atomic mass is 16.4. The first kappa shape index (κ1) is 10.8. The highest BCUT2D eigenvalue weighted by Crippen LogP contribution is 2.12. The van der Waals surface area contributed by atoms with Gasteiger partial charge in [-0.1, -0.05) is 11.2 Å². The number of terminal acetylenes is 1. The van der Waals surface area contributed by atoms with E-state index >= 15 is 0 Å². The largest absolute Gasteiger partial charge is 0.411 e. The lowest BCUT2D eigenvalue weighted by molar-refractivity contribution is 0.315. The van der Waals surface area contributed by atoms with Crippen LogP contribution in [0.1, 0.15) is 19.3 Å². The first-order chi connectivity index (χ1) is 6.77. The van der Waals surface area contributed by atoms with Crippen LogP contribution in [0.3, 0.4) is 0 Å². The fourth-order valence-electron chi connectivity index (χ4n) is 1.57. The molecular formula is C11H16N2O. The van der Waals surface area contributed by atoms with Crippen LogP contribution in [-0.2, 0) is 0 Å². The number of oxime groups is 1. The van der Waals surface area contributed by atoms with Crippen molar-refractivity contribution >= 4 is 5.71 Å². The summed E-state index contributed by atoms with van der Waals surface area (Å²) >= 11 is 0. The van der Waals surface area contributed by atoms with Crippen molar-refractivity contribution in [2.75, 3.05) is 20.1 Å². The smallest absolute Gasteiger partial charge is 0.0846 e. The van der Waals surface area contributed by atoms with Crippen LogP contribution in [0.15, 0.2) is 16.8 Å². The van der Waals surface area contributed by atoms with Crippen LogP contribution in [0.5, 0.6) is 0 Å². The van der Waals surface area contributed by atoms with Crippen molar-refractivity contribution in [3.63, 3.8) is 0 Å². The maximum absolute atomic E-state index is 8.85. The molecule has 3 heteroatoms. The topological polar surface area (TPSA) is 35.8 Å². The summed E-state index contributed by atoms with van der Waals surface area (Å²) in [6.45, 7) is 1.92. The van der Waals surface area contributed by atoms with Crippen molar-refractivity contribution in [1.29, 1.82) is 0 Å². The van der Waals surface area contributed by atoms with Gasteiger partial charge in [0.25, 0.3) is 0 Å². The van der Waals surface area contributed by atoms with Gasteiger partial charge in [-0.05, 0) is 19.0 Å². The molecule has 1 aliphatic heterocycles. The molecule has 0 aromatic rings. The van der Waals surface area contributed by atoms with E-state index in [9.17, 15) is 0 Å². The van der Waals surface area contributed by atoms with Crippen LogP contribution in [0, 0.1) is 12.3 Å². The number of likely N-dealkylation sites (N-methyl/N-ethyl adjacent to an activating group) is 1. The maximum atomic E-state index is 8.85. The molecule has 1 heterocycles. The summed E-state index contributed by atoms with van der Waals surface area (Å²) in [5.41, 5.74) is 1.84. The Morgan fingerprint density at radius 2 is 2.57 bits per heavy atom. The van der Waals surface area contributed by atoms with E-state index in [0.29, 0.717) is 12.8 Å². The van der Waals surface area contributed by atoms with Crippen molar-refractivity contribution in [3.05, 3.63) is 11.6 Å². The molecule has 0 atom stereocenters. The molecule has 0 unspecified atom stereocenters. The Balaban J connectivity index is 2.61. The molecule has 0 bridgehead atoms. The Labute approximate surface area is 85.1 Å². The molecule has 0 spiro atoms. The van der Waals surface area contributed by atoms with E-state index < -0.39 is 0 Å². The van der Waals surface area contributed by atoms with Crippen molar-refractivity contribution in [2.24, 2.45) is 5.16 Å². The van der Waals surface area contributed by atoms with E-state index in [1.807, 2.05) is 0 Å². The molecule has 0 aromatic heterocycles. The molecule has 1 N–H and O–H groups in total. The molecule has 1 rings (SSSR count). The van der Waals surface area contributed by atoms with Crippen LogP contribution in [-0.4, -0.2) is 36.0 Å². The fraction of sp³-hybridized carbons (Fsp3) is 0.545. The van der Waals surface area contributed by atoms with Gasteiger partial charge in [-0.15, -0.1) is 12.3 Å². The van der Waals surface area contributed by atoms with E-state index in [0.717, 1.165) is 30.8 Å². The highest BCUT2D eigenvalue weighted by molar-refractivity contribution is 6.00. The quantitative estimate of drug-likeness (QED) is 0.318. The third-order valence-electron chi connectivity index (χ3n) is 2.34. The molecule has 0 radical (unpaired) electrons. The van der Waals surface area contributed by atoms with Gasteiger partial charge in [0, 0.05) is 25.9 Å². The van der Waals surface area contributed by atoms with E-state index in [1.54, 1.807) is 0 Å². The average Bonchev–Trinajstić information content (AvgIpc) is 2.19. The molecule has 76 valence electrons. The Bertz CT molecular complexity index is 286. The van der Waals surface area contributed by atoms with Gasteiger partial charge in [0.2, 0.25) is 0 Å². The second kappa shape index (κ2) is 5.46. The second-order valence-corrected chi connectivity index (χ2v) is 3.51. The number of hydrogen-bond donors (Lipinski definition) is 1. The van der Waals surface area contributed by atoms with Gasteiger partial charge in [0.15, 0.2) is 0 Å². The molecule has 14 heavy (non-hydrogen) atoms. The molecule has 0 aliphatic carbocycles. The van der Waals surface area contributed by atoms with Crippen LogP contribution in [0.2, 0.25) is 0 Å². The van der Waals surface area contributed by atoms with Gasteiger partial charge in [0.1, 0.15) is 0 Å². The molecule has 0 saturated heterocycles. The molecule has 0 saturated carbocycles. The predicted molar refractivity (Wildman–Crippen MR) is 57.5 cm³/mol. The number of hydrogen-bond acceptors (Lipinski definition) is 3. The minimum absolute atomic E-state index is 0.625. The molecule has 0 aromatic carbocycles. The average molecular weight is 192 g/mol. The first-order valence-corrected chi connectivity index (χ1v) is 4.80. The Morgan fingerprint density at radius 1 is 1.79 bits per heavy atom. The zero-order chi connectivity index (χ0) is 10.4. The zero-order valence-electron chi connectivity index (χ0n) is 8.53. The molecule has 1 aliphatic rings. The summed E-state index contributed by atoms with van der Waals surface area (Å²) in [6.07, 6.45) is 9.60. The lowest BCUT2D eigenvalue weighted by Crippen LogP contribution is -2.28. The maximum Gasteiger partial charge on any atom is 0.0846 e. The monoisotopic (exact) mass is 192 g/mol. The minimum atomic E-state index is 0.625. The Kier molecular flexibility index (Phi) is 4.21. The fourth-order valence-corrected chi connectivity index (χ4v) is 1.57. The SMILES string of the molecule is C#CCCC(=NO)C1=CCCN(C)C1. The number of nitrogens with zero attached hydrogens (tertiary/aromatic N) is 2. The summed E-state index contributed by atoms with van der Waals surface area (Å²) in [5, 5.41) is 12.2. The van der Waals surface area contributed by atoms with Crippen molar-refractivity contribution in [2.45, 2.75) is 19.3 Å². The summed E-state index contributed by atoms with van der Waals surface area (Å²) in [4.78, 5) is 2.20. The Morgan fingerprint density at radius 3 is 3.14 bits per heavy atom. The summed E-state index contributed by atoms with van der Waals surface area (Å²) in [7, 11) is 2.06. The third kappa shape index (κ3) is 2.90. The van der Waals surface area contributed by atoms with Gasteiger partial charge in [0.05, 0.1) is 5.71 Å². The van der Waals surface area contributed by atoms with Gasteiger partial charge in [-0.2, -0.15) is 0 Å². The van der Waals surface area contributed by atoms with Crippen LogP contribution >= 0.6 is 0 Å². The summed E-state index contributed by atoms with van der Waals surface area (Å²) < 4.78 is 0. The molecular weight excluding hydrogens is 176 g/mol. The standard InChI is InChI=1S/C11H16N2O/c1-3-4-7-11(12-14)10-6-5-8-13(2)9-10/h1,6,14H,4-5,7-9H2,2H3. The van der Waals surface area contributed by atoms with Crippen molar-refractivity contribution in [1.82, 2.24) is 4.90 Å². The lowest BCUT2D eigenvalue weighted by Gasteiger charge is -2.23. The molecule has 0 fully saturated rings. The van der Waals surface area contributed by atoms with Crippen molar-refractivity contribution < 1.29 is 5.21 Å². The van der Waals surface area contributed by atoms with E-state index in [2.05, 4.69) is 29.1 Å². The summed E-state index contributed by atoms with van der Waals surface area (Å²) in [5.74, 6) is 2.55. The second-order valence-electron chi connectivity index (χ2n) is 3.51. The van der Waals surface area contributed by atoms with Gasteiger partial charge < -0.3 is 10.1 Å². The van der Waals surface area contributed by atoms with Crippen molar-refractivity contribution in [3.8, 4) is 12.3 Å². The van der Waals surface area contributed by atoms with Gasteiger partial charge >= 0.3 is 0 Å². The van der Waals surface area contributed by atoms with E-state index in [4.69, 9.17) is 11.6 Å². The first-order valence-electron chi connectivity index (χ1n) is 4.80. The lowest BCUT2D eigenvalue weighted by atomic mass is 10.0. The van der Waals surface area contributed by atoms with Crippen LogP contribution in [0.4, 0.5) is 0 Å². The summed E-state index contributed by atoms with van der Waals surface area (Å²) in [6, 6.07) is 0. The number of rotatable bonds is 3. The predicted octanol–water partition coefficient (Wildman–Crippen LogP) is 1.49. The Hall–Kier alpha value is -1.27. The molecule has 3 nitrogen and oxygen atoms in total. The van der Waals surface area contributed by atoms with E-state index in [1.165, 1.54) is 0 Å². The minimum Gasteiger partial charge on any atom is -0.411 e. The van der Waals surface area contributed by atoms with E-state index in [-0.39, 0.29) is 0 Å². The third-order valence-corrected chi connectivity index (χ3v) is 2.34. The zero-order valence-corrected chi connectivity index (χ0v) is 8.53. The van der Waals surface area contributed by atoms with Crippen LogP contribution in [0.25, 0.3) is 0 Å². The van der Waals surface area contributed by atoms with Gasteiger partial charge in [-0.3, -0.25) is 0 Å².